The molecule has 0 bridgehead atoms. The van der Waals surface area contributed by atoms with Crippen molar-refractivity contribution in [1.29, 1.82) is 0 Å². The van der Waals surface area contributed by atoms with E-state index in [4.69, 9.17) is 0 Å². The Labute approximate surface area is 80.1 Å². The molecule has 14 heavy (non-hydrogen) atoms. The van der Waals surface area contributed by atoms with Crippen LogP contribution in [0.5, 0.6) is 0 Å². The Morgan fingerprint density at radius 1 is 1.36 bits per heavy atom. The zero-order valence-corrected chi connectivity index (χ0v) is 7.90. The summed E-state index contributed by atoms with van der Waals surface area (Å²) < 4.78 is 50.7. The SMILES string of the molecule is CCC(CC[O])C1CC(F)(F)C1(F)F. The summed E-state index contributed by atoms with van der Waals surface area (Å²) in [5.41, 5.74) is 0. The molecule has 0 aromatic carbocycles. The van der Waals surface area contributed by atoms with Crippen molar-refractivity contribution < 1.29 is 22.7 Å². The van der Waals surface area contributed by atoms with Crippen LogP contribution in [0.2, 0.25) is 0 Å². The molecule has 5 heteroatoms. The van der Waals surface area contributed by atoms with Crippen LogP contribution in [0.1, 0.15) is 26.2 Å². The van der Waals surface area contributed by atoms with Gasteiger partial charge in [0.15, 0.2) is 0 Å². The third-order valence-electron chi connectivity index (χ3n) is 3.01. The number of alkyl halides is 4. The summed E-state index contributed by atoms with van der Waals surface area (Å²) in [6, 6.07) is 0. The lowest BCUT2D eigenvalue weighted by Gasteiger charge is -2.47. The highest BCUT2D eigenvalue weighted by molar-refractivity contribution is 5.05. The maximum atomic E-state index is 12.9. The number of halogens is 4. The van der Waals surface area contributed by atoms with Gasteiger partial charge >= 0.3 is 11.8 Å². The van der Waals surface area contributed by atoms with Gasteiger partial charge in [-0.15, -0.1) is 0 Å². The molecule has 0 N–H and O–H groups in total. The third-order valence-corrected chi connectivity index (χ3v) is 3.01. The van der Waals surface area contributed by atoms with Gasteiger partial charge in [-0.2, -0.15) is 17.6 Å². The van der Waals surface area contributed by atoms with Gasteiger partial charge in [0.1, 0.15) is 0 Å². The molecule has 1 radical (unpaired) electrons. The van der Waals surface area contributed by atoms with Crippen molar-refractivity contribution in [3.63, 3.8) is 0 Å². The highest BCUT2D eigenvalue weighted by Gasteiger charge is 2.72. The predicted molar refractivity (Wildman–Crippen MR) is 42.0 cm³/mol. The zero-order chi connectivity index (χ0) is 11.0. The minimum atomic E-state index is -3.91. The van der Waals surface area contributed by atoms with Crippen molar-refractivity contribution in [2.75, 3.05) is 6.61 Å². The molecule has 1 rings (SSSR count). The molecule has 1 aliphatic carbocycles. The largest absolute Gasteiger partial charge is 0.313 e. The van der Waals surface area contributed by atoms with Crippen molar-refractivity contribution in [1.82, 2.24) is 0 Å². The Balaban J connectivity index is 2.64. The molecular weight excluding hydrogens is 200 g/mol. The van der Waals surface area contributed by atoms with Gasteiger partial charge in [-0.1, -0.05) is 13.3 Å². The molecular formula is C9H13F4O. The van der Waals surface area contributed by atoms with E-state index in [1.54, 1.807) is 6.92 Å². The third kappa shape index (κ3) is 1.62. The number of hydrogen-bond donors (Lipinski definition) is 0. The average molecular weight is 213 g/mol. The van der Waals surface area contributed by atoms with E-state index < -0.39 is 36.7 Å². The van der Waals surface area contributed by atoms with Gasteiger partial charge < -0.3 is 0 Å². The zero-order valence-electron chi connectivity index (χ0n) is 7.90. The van der Waals surface area contributed by atoms with Crippen LogP contribution in [-0.2, 0) is 5.11 Å². The van der Waals surface area contributed by atoms with E-state index in [9.17, 15) is 22.7 Å². The Bertz CT molecular complexity index is 205. The van der Waals surface area contributed by atoms with Crippen molar-refractivity contribution >= 4 is 0 Å². The van der Waals surface area contributed by atoms with Gasteiger partial charge in [0, 0.05) is 12.3 Å². The molecule has 0 amide bonds. The lowest BCUT2D eigenvalue weighted by molar-refractivity contribution is -0.325. The quantitative estimate of drug-likeness (QED) is 0.639. The van der Waals surface area contributed by atoms with Crippen molar-refractivity contribution in [2.24, 2.45) is 11.8 Å². The summed E-state index contributed by atoms with van der Waals surface area (Å²) in [7, 11) is 0. The molecule has 83 valence electrons. The minimum absolute atomic E-state index is 0.0623. The molecule has 0 aliphatic heterocycles. The fourth-order valence-corrected chi connectivity index (χ4v) is 1.98. The van der Waals surface area contributed by atoms with E-state index in [2.05, 4.69) is 0 Å². The van der Waals surface area contributed by atoms with Crippen LogP contribution in [-0.4, -0.2) is 18.5 Å². The van der Waals surface area contributed by atoms with Crippen LogP contribution in [0, 0.1) is 11.8 Å². The van der Waals surface area contributed by atoms with E-state index >= 15 is 0 Å². The normalized spacial score (nSPS) is 30.9. The summed E-state index contributed by atoms with van der Waals surface area (Å²) >= 11 is 0. The summed E-state index contributed by atoms with van der Waals surface area (Å²) in [4.78, 5) is 0. The Kier molecular flexibility index (Phi) is 3.09. The number of rotatable bonds is 4. The predicted octanol–water partition coefficient (Wildman–Crippen LogP) is 3.12. The lowest BCUT2D eigenvalue weighted by atomic mass is 9.67. The highest BCUT2D eigenvalue weighted by atomic mass is 19.3. The first kappa shape index (κ1) is 11.8. The van der Waals surface area contributed by atoms with Crippen molar-refractivity contribution in [2.45, 2.75) is 38.0 Å². The second-order valence-corrected chi connectivity index (χ2v) is 3.80. The smallest absolute Gasteiger partial charge is 0.237 e. The van der Waals surface area contributed by atoms with E-state index in [1.807, 2.05) is 0 Å². The Morgan fingerprint density at radius 3 is 2.21 bits per heavy atom. The fraction of sp³-hybridized carbons (Fsp3) is 1.00. The highest BCUT2D eigenvalue weighted by Crippen LogP contribution is 2.58. The molecule has 0 saturated heterocycles. The topological polar surface area (TPSA) is 19.9 Å². The molecule has 1 fully saturated rings. The molecule has 0 aromatic heterocycles. The first-order chi connectivity index (χ1) is 6.36. The van der Waals surface area contributed by atoms with Crippen molar-refractivity contribution in [3.05, 3.63) is 0 Å². The standard InChI is InChI=1S/C9H13F4O/c1-2-6(3-4-14)7-5-8(10,11)9(7,12)13/h6-7H,2-5H2,1H3. The van der Waals surface area contributed by atoms with Gasteiger partial charge in [-0.05, 0) is 12.3 Å². The van der Waals surface area contributed by atoms with Gasteiger partial charge in [0.05, 0.1) is 6.61 Å². The number of hydrogen-bond acceptors (Lipinski definition) is 0. The second kappa shape index (κ2) is 3.68. The molecule has 2 atom stereocenters. The van der Waals surface area contributed by atoms with Crippen LogP contribution in [0.15, 0.2) is 0 Å². The molecule has 1 aliphatic rings. The molecule has 0 spiro atoms. The summed E-state index contributed by atoms with van der Waals surface area (Å²) in [6.45, 7) is 1.17. The van der Waals surface area contributed by atoms with Crippen LogP contribution in [0.3, 0.4) is 0 Å². The maximum absolute atomic E-state index is 12.9. The monoisotopic (exact) mass is 213 g/mol. The lowest BCUT2D eigenvalue weighted by Crippen LogP contribution is -2.61. The van der Waals surface area contributed by atoms with E-state index in [1.165, 1.54) is 0 Å². The first-order valence-corrected chi connectivity index (χ1v) is 4.70. The van der Waals surface area contributed by atoms with E-state index in [-0.39, 0.29) is 6.42 Å². The van der Waals surface area contributed by atoms with Crippen LogP contribution in [0.4, 0.5) is 17.6 Å². The van der Waals surface area contributed by atoms with Gasteiger partial charge in [0.2, 0.25) is 0 Å². The van der Waals surface area contributed by atoms with Crippen LogP contribution in [0.25, 0.3) is 0 Å². The maximum Gasteiger partial charge on any atom is 0.313 e. The average Bonchev–Trinajstić information content (AvgIpc) is 2.11. The summed E-state index contributed by atoms with van der Waals surface area (Å²) in [6.07, 6.45) is -0.357. The van der Waals surface area contributed by atoms with Crippen LogP contribution < -0.4 is 0 Å². The second-order valence-electron chi connectivity index (χ2n) is 3.80. The Hall–Kier alpha value is -0.320. The molecule has 2 unspecified atom stereocenters. The molecule has 1 nitrogen and oxygen atoms in total. The minimum Gasteiger partial charge on any atom is -0.237 e. The molecule has 0 heterocycles. The Morgan fingerprint density at radius 2 is 1.93 bits per heavy atom. The molecule has 0 aromatic rings. The fourth-order valence-electron chi connectivity index (χ4n) is 1.98. The van der Waals surface area contributed by atoms with Gasteiger partial charge in [0.25, 0.3) is 0 Å². The van der Waals surface area contributed by atoms with E-state index in [0.717, 1.165) is 0 Å². The van der Waals surface area contributed by atoms with Gasteiger partial charge in [-0.25, -0.2) is 5.11 Å². The van der Waals surface area contributed by atoms with E-state index in [0.29, 0.717) is 6.42 Å². The molecule has 1 saturated carbocycles. The first-order valence-electron chi connectivity index (χ1n) is 4.70. The van der Waals surface area contributed by atoms with Crippen LogP contribution >= 0.6 is 0 Å². The summed E-state index contributed by atoms with van der Waals surface area (Å²) in [5.74, 6) is -9.66. The summed E-state index contributed by atoms with van der Waals surface area (Å²) in [5, 5.41) is 10.3. The van der Waals surface area contributed by atoms with Gasteiger partial charge in [-0.3, -0.25) is 0 Å². The van der Waals surface area contributed by atoms with Crippen molar-refractivity contribution in [3.8, 4) is 0 Å².